The van der Waals surface area contributed by atoms with E-state index in [-0.39, 0.29) is 0 Å². The minimum Gasteiger partial charge on any atom is -0.494 e. The van der Waals surface area contributed by atoms with Gasteiger partial charge >= 0.3 is 0 Å². The number of benzene rings is 2. The van der Waals surface area contributed by atoms with Crippen LogP contribution in [0.1, 0.15) is 12.0 Å². The highest BCUT2D eigenvalue weighted by Crippen LogP contribution is 2.32. The standard InChI is InChI=1S/C23H30N4O2/c1-24-21-10-5-4-8-19(21)9-6-7-13-25-26(2)22-12-11-20(18-23(22)28-3)27-14-16-29-17-15-27/h4-6,8-13,18,24H,7,14-17H2,1-3H3/p+1/b9-6-,25-13+. The molecule has 1 heterocycles. The zero-order valence-electron chi connectivity index (χ0n) is 17.5. The third kappa shape index (κ3) is 5.59. The fraction of sp³-hybridized carbons (Fsp3) is 0.348. The van der Waals surface area contributed by atoms with Crippen molar-refractivity contribution in [3.05, 3.63) is 54.1 Å². The number of hydrogen-bond donors (Lipinski definition) is 1. The summed E-state index contributed by atoms with van der Waals surface area (Å²) in [7, 11) is 5.69. The molecule has 1 aliphatic heterocycles. The summed E-state index contributed by atoms with van der Waals surface area (Å²) in [4.78, 5) is 2.31. The van der Waals surface area contributed by atoms with Gasteiger partial charge in [0.05, 0.1) is 27.4 Å². The van der Waals surface area contributed by atoms with Gasteiger partial charge in [0, 0.05) is 50.1 Å². The molecule has 0 radical (unpaired) electrons. The largest absolute Gasteiger partial charge is 0.494 e. The molecule has 0 spiro atoms. The van der Waals surface area contributed by atoms with E-state index in [1.807, 2.05) is 18.3 Å². The molecule has 0 unspecified atom stereocenters. The van der Waals surface area contributed by atoms with E-state index in [9.17, 15) is 0 Å². The Kier molecular flexibility index (Phi) is 7.67. The van der Waals surface area contributed by atoms with Gasteiger partial charge in [-0.2, -0.15) is 5.10 Å². The second kappa shape index (κ2) is 10.6. The molecule has 2 aromatic carbocycles. The fourth-order valence-electron chi connectivity index (χ4n) is 3.37. The zero-order valence-corrected chi connectivity index (χ0v) is 17.5. The van der Waals surface area contributed by atoms with Crippen LogP contribution in [0.3, 0.4) is 0 Å². The molecule has 2 aromatic rings. The van der Waals surface area contributed by atoms with Gasteiger partial charge in [-0.05, 0) is 24.3 Å². The second-order valence-corrected chi connectivity index (χ2v) is 6.83. The summed E-state index contributed by atoms with van der Waals surface area (Å²) in [5.41, 5.74) is 4.55. The SMILES string of the molecule is C[NH2+]c1ccccc1/C=C\C/C=N/N(C)c1ccc(N2CCOCC2)cc1OC. The third-order valence-electron chi connectivity index (χ3n) is 4.99. The van der Waals surface area contributed by atoms with Crippen LogP contribution in [0, 0.1) is 0 Å². The number of ether oxygens (including phenoxy) is 2. The number of rotatable bonds is 8. The van der Waals surface area contributed by atoms with E-state index in [2.05, 4.69) is 77.0 Å². The van der Waals surface area contributed by atoms with Crippen LogP contribution in [0.15, 0.2) is 53.6 Å². The monoisotopic (exact) mass is 395 g/mol. The molecule has 0 amide bonds. The molecule has 0 saturated carbocycles. The lowest BCUT2D eigenvalue weighted by Gasteiger charge is -2.29. The van der Waals surface area contributed by atoms with Gasteiger partial charge in [-0.3, -0.25) is 5.01 Å². The summed E-state index contributed by atoms with van der Waals surface area (Å²) < 4.78 is 11.1. The number of anilines is 2. The van der Waals surface area contributed by atoms with Crippen molar-refractivity contribution < 1.29 is 14.8 Å². The summed E-state index contributed by atoms with van der Waals surface area (Å²) in [5, 5.41) is 8.52. The van der Waals surface area contributed by atoms with Crippen LogP contribution in [0.5, 0.6) is 5.75 Å². The van der Waals surface area contributed by atoms with E-state index in [1.54, 1.807) is 7.11 Å². The van der Waals surface area contributed by atoms with Crippen LogP contribution >= 0.6 is 0 Å². The zero-order chi connectivity index (χ0) is 20.5. The molecule has 6 nitrogen and oxygen atoms in total. The van der Waals surface area contributed by atoms with E-state index in [0.717, 1.165) is 49.8 Å². The van der Waals surface area contributed by atoms with Crippen molar-refractivity contribution in [2.45, 2.75) is 6.42 Å². The highest BCUT2D eigenvalue weighted by molar-refractivity contribution is 5.69. The number of hydrogen-bond acceptors (Lipinski definition) is 5. The van der Waals surface area contributed by atoms with Crippen molar-refractivity contribution in [3.8, 4) is 5.75 Å². The van der Waals surface area contributed by atoms with Crippen molar-refractivity contribution >= 4 is 29.4 Å². The molecule has 1 saturated heterocycles. The number of quaternary nitrogens is 1. The van der Waals surface area contributed by atoms with E-state index in [4.69, 9.17) is 9.47 Å². The van der Waals surface area contributed by atoms with Gasteiger partial charge in [0.15, 0.2) is 0 Å². The Bertz CT molecular complexity index is 845. The van der Waals surface area contributed by atoms with Crippen LogP contribution in [-0.4, -0.2) is 53.7 Å². The van der Waals surface area contributed by atoms with Crippen molar-refractivity contribution in [3.63, 3.8) is 0 Å². The van der Waals surface area contributed by atoms with Crippen LogP contribution in [-0.2, 0) is 4.74 Å². The van der Waals surface area contributed by atoms with Gasteiger partial charge in [0.2, 0.25) is 0 Å². The lowest BCUT2D eigenvalue weighted by molar-refractivity contribution is -0.539. The average molecular weight is 396 g/mol. The Labute approximate surface area is 173 Å². The molecule has 3 rings (SSSR count). The number of morpholine rings is 1. The first-order valence-electron chi connectivity index (χ1n) is 10.0. The molecule has 1 aliphatic rings. The van der Waals surface area contributed by atoms with E-state index in [0.29, 0.717) is 0 Å². The molecular weight excluding hydrogens is 364 g/mol. The van der Waals surface area contributed by atoms with E-state index < -0.39 is 0 Å². The summed E-state index contributed by atoms with van der Waals surface area (Å²) in [6, 6.07) is 14.6. The van der Waals surface area contributed by atoms with Gasteiger partial charge in [-0.15, -0.1) is 0 Å². The molecule has 0 aliphatic carbocycles. The number of nitrogens with two attached hydrogens (primary N) is 1. The van der Waals surface area contributed by atoms with Crippen molar-refractivity contribution in [2.24, 2.45) is 5.10 Å². The molecule has 6 heteroatoms. The summed E-state index contributed by atoms with van der Waals surface area (Å²) in [6.07, 6.45) is 6.93. The highest BCUT2D eigenvalue weighted by atomic mass is 16.5. The van der Waals surface area contributed by atoms with Crippen molar-refractivity contribution in [2.75, 3.05) is 57.4 Å². The number of methoxy groups -OCH3 is 1. The number of para-hydroxylation sites is 1. The minimum atomic E-state index is 0.760. The molecule has 2 N–H and O–H groups in total. The predicted molar refractivity (Wildman–Crippen MR) is 121 cm³/mol. The van der Waals surface area contributed by atoms with Crippen LogP contribution in [0.25, 0.3) is 6.08 Å². The van der Waals surface area contributed by atoms with Crippen LogP contribution in [0.4, 0.5) is 17.1 Å². The first kappa shape index (κ1) is 20.9. The average Bonchev–Trinajstić information content (AvgIpc) is 2.79. The quantitative estimate of drug-likeness (QED) is 0.424. The molecule has 0 atom stereocenters. The molecular formula is C23H31N4O2+. The lowest BCUT2D eigenvalue weighted by Crippen LogP contribution is -2.73. The summed E-state index contributed by atoms with van der Waals surface area (Å²) in [5.74, 6) is 0.816. The summed E-state index contributed by atoms with van der Waals surface area (Å²) in [6.45, 7) is 3.34. The topological polar surface area (TPSA) is 53.9 Å². The van der Waals surface area contributed by atoms with Crippen molar-refractivity contribution in [1.82, 2.24) is 0 Å². The maximum atomic E-state index is 5.62. The number of hydrazone groups is 1. The fourth-order valence-corrected chi connectivity index (χ4v) is 3.37. The van der Waals surface area contributed by atoms with E-state index >= 15 is 0 Å². The molecule has 0 aromatic heterocycles. The Morgan fingerprint density at radius 3 is 2.76 bits per heavy atom. The number of nitrogens with zero attached hydrogens (tertiary/aromatic N) is 3. The normalized spacial score (nSPS) is 14.7. The maximum absolute atomic E-state index is 5.62. The maximum Gasteiger partial charge on any atom is 0.146 e. The van der Waals surface area contributed by atoms with Gasteiger partial charge in [0.1, 0.15) is 17.1 Å². The Morgan fingerprint density at radius 2 is 2.00 bits per heavy atom. The molecule has 1 fully saturated rings. The minimum absolute atomic E-state index is 0.760. The predicted octanol–water partition coefficient (Wildman–Crippen LogP) is 2.88. The first-order chi connectivity index (χ1) is 14.2. The van der Waals surface area contributed by atoms with Gasteiger partial charge < -0.3 is 19.7 Å². The van der Waals surface area contributed by atoms with Gasteiger partial charge in [-0.1, -0.05) is 24.3 Å². The first-order valence-corrected chi connectivity index (χ1v) is 10.0. The Balaban J connectivity index is 1.62. The molecule has 0 bridgehead atoms. The summed E-state index contributed by atoms with van der Waals surface area (Å²) >= 11 is 0. The van der Waals surface area contributed by atoms with Crippen molar-refractivity contribution in [1.29, 1.82) is 0 Å². The smallest absolute Gasteiger partial charge is 0.146 e. The van der Waals surface area contributed by atoms with E-state index in [1.165, 1.54) is 11.3 Å². The van der Waals surface area contributed by atoms with Gasteiger partial charge in [-0.25, -0.2) is 0 Å². The van der Waals surface area contributed by atoms with Crippen LogP contribution < -0.4 is 20.0 Å². The lowest BCUT2D eigenvalue weighted by atomic mass is 10.1. The highest BCUT2D eigenvalue weighted by Gasteiger charge is 2.14. The third-order valence-corrected chi connectivity index (χ3v) is 4.99. The Morgan fingerprint density at radius 1 is 1.21 bits per heavy atom. The molecule has 154 valence electrons. The van der Waals surface area contributed by atoms with Gasteiger partial charge in [0.25, 0.3) is 0 Å². The van der Waals surface area contributed by atoms with Crippen LogP contribution in [0.2, 0.25) is 0 Å². The molecule has 29 heavy (non-hydrogen) atoms. The number of allylic oxidation sites excluding steroid dienone is 1. The Hall–Kier alpha value is -2.83. The second-order valence-electron chi connectivity index (χ2n) is 6.83.